The Morgan fingerprint density at radius 3 is 2.45 bits per heavy atom. The zero-order chi connectivity index (χ0) is 23.5. The van der Waals surface area contributed by atoms with Gasteiger partial charge in [0, 0.05) is 22.8 Å². The van der Waals surface area contributed by atoms with E-state index in [0.717, 1.165) is 11.1 Å². The van der Waals surface area contributed by atoms with Crippen molar-refractivity contribution < 1.29 is 29.2 Å². The van der Waals surface area contributed by atoms with E-state index < -0.39 is 23.5 Å². The Bertz CT molecular complexity index is 1220. The van der Waals surface area contributed by atoms with Gasteiger partial charge < -0.3 is 19.5 Å². The van der Waals surface area contributed by atoms with E-state index in [1.807, 2.05) is 13.0 Å². The van der Waals surface area contributed by atoms with E-state index >= 15 is 0 Å². The highest BCUT2D eigenvalue weighted by atomic mass is 16.5. The van der Waals surface area contributed by atoms with Gasteiger partial charge in [-0.1, -0.05) is 35.6 Å². The van der Waals surface area contributed by atoms with Crippen LogP contribution < -0.4 is 19.6 Å². The molecule has 0 aliphatic carbocycles. The minimum absolute atomic E-state index is 0.102. The Morgan fingerprint density at radius 2 is 1.82 bits per heavy atom. The van der Waals surface area contributed by atoms with Gasteiger partial charge >= 0.3 is 0 Å². The van der Waals surface area contributed by atoms with Crippen LogP contribution in [0.15, 0.2) is 72.6 Å². The molecule has 3 aromatic rings. The Morgan fingerprint density at radius 1 is 1.06 bits per heavy atom. The first kappa shape index (κ1) is 22.1. The second kappa shape index (κ2) is 9.16. The lowest BCUT2D eigenvalue weighted by Crippen LogP contribution is -2.30. The van der Waals surface area contributed by atoms with Gasteiger partial charge in [0.15, 0.2) is 12.4 Å². The number of H-pyrrole nitrogens is 1. The maximum atomic E-state index is 13.5. The molecule has 33 heavy (non-hydrogen) atoms. The fraction of sp³-hybridized carbons (Fsp3) is 0.192. The number of nitrogens with one attached hydrogen (secondary N) is 1. The molecule has 1 amide bonds. The van der Waals surface area contributed by atoms with E-state index in [9.17, 15) is 14.7 Å². The molecule has 1 aliphatic rings. The summed E-state index contributed by atoms with van der Waals surface area (Å²) in [5.41, 5.74) is 2.52. The second-order valence-electron chi connectivity index (χ2n) is 7.79. The highest BCUT2D eigenvalue weighted by molar-refractivity contribution is 6.46. The average Bonchev–Trinajstić information content (AvgIpc) is 3.09. The number of nitrogens with zero attached hydrogens (tertiary/aromatic N) is 1. The first-order valence-corrected chi connectivity index (χ1v) is 10.4. The lowest BCUT2D eigenvalue weighted by molar-refractivity contribution is -0.378. The van der Waals surface area contributed by atoms with Crippen molar-refractivity contribution in [1.82, 2.24) is 4.90 Å². The molecule has 4 rings (SSSR count). The Kier molecular flexibility index (Phi) is 6.13. The van der Waals surface area contributed by atoms with Crippen LogP contribution in [0.4, 0.5) is 0 Å². The molecule has 1 atom stereocenters. The Labute approximate surface area is 191 Å². The number of ketones is 1. The minimum atomic E-state index is -0.927. The standard InChI is InChI=1S/C26H24N2O5/c1-16-6-8-18(9-7-16)24(29)22-23(20-13-19(32-2)10-11-21(20)33-3)28(26(31)25(22)30)15-17-5-4-12-27-14-17/h4-14,23,29H,15H2,1-3H3/b24-22+. The van der Waals surface area contributed by atoms with E-state index in [0.29, 0.717) is 22.6 Å². The molecule has 168 valence electrons. The Hall–Kier alpha value is -4.13. The van der Waals surface area contributed by atoms with Crippen LogP contribution in [0.25, 0.3) is 5.76 Å². The number of carbonyl (C=O) groups is 2. The number of aromatic nitrogens is 1. The number of rotatable bonds is 6. The molecule has 0 saturated carbocycles. The highest BCUT2D eigenvalue weighted by Gasteiger charge is 2.45. The maximum absolute atomic E-state index is 13.5. The molecule has 1 aromatic heterocycles. The highest BCUT2D eigenvalue weighted by Crippen LogP contribution is 2.44. The van der Waals surface area contributed by atoms with E-state index in [-0.39, 0.29) is 12.1 Å². The van der Waals surface area contributed by atoms with Crippen LogP contribution in [0.5, 0.6) is 11.5 Å². The molecule has 1 N–H and O–H groups in total. The van der Waals surface area contributed by atoms with E-state index in [1.165, 1.54) is 19.1 Å². The fourth-order valence-corrected chi connectivity index (χ4v) is 4.00. The summed E-state index contributed by atoms with van der Waals surface area (Å²) in [5, 5.41) is 13.5. The van der Waals surface area contributed by atoms with E-state index in [1.54, 1.807) is 60.9 Å². The number of pyridine rings is 1. The topological polar surface area (TPSA) is 93.0 Å². The summed E-state index contributed by atoms with van der Waals surface area (Å²) in [6, 6.07) is 14.8. The lowest BCUT2D eigenvalue weighted by atomic mass is 9.94. The molecule has 0 bridgehead atoms. The number of methoxy groups -OCH3 is 2. The smallest absolute Gasteiger partial charge is 0.295 e. The van der Waals surface area contributed by atoms with Crippen molar-refractivity contribution in [2.45, 2.75) is 19.5 Å². The Balaban J connectivity index is 1.93. The molecule has 0 spiro atoms. The maximum Gasteiger partial charge on any atom is 0.295 e. The van der Waals surface area contributed by atoms with Crippen molar-refractivity contribution in [2.75, 3.05) is 14.2 Å². The summed E-state index contributed by atoms with van der Waals surface area (Å²) in [6.07, 6.45) is 3.50. The summed E-state index contributed by atoms with van der Waals surface area (Å²) < 4.78 is 10.9. The zero-order valence-corrected chi connectivity index (χ0v) is 18.6. The van der Waals surface area contributed by atoms with E-state index in [2.05, 4.69) is 4.98 Å². The van der Waals surface area contributed by atoms with Crippen LogP contribution in [0.2, 0.25) is 0 Å². The molecule has 2 aromatic carbocycles. The number of hydrogen-bond donors (Lipinski definition) is 0. The predicted octanol–water partition coefficient (Wildman–Crippen LogP) is 2.25. The number of likely N-dealkylation sites (tertiary alicyclic amines) is 1. The SMILES string of the molecule is COc1ccc(OC)c(C2/C(=C(\[O-])c3ccc(C)cc3)C(=O)C(=O)N2Cc2ccc[nH+]c2)c1. The van der Waals surface area contributed by atoms with Crippen molar-refractivity contribution >= 4 is 17.4 Å². The van der Waals surface area contributed by atoms with Crippen molar-refractivity contribution in [3.05, 3.63) is 94.8 Å². The van der Waals surface area contributed by atoms with Crippen LogP contribution in [0, 0.1) is 6.92 Å². The number of benzene rings is 2. The van der Waals surface area contributed by atoms with Gasteiger partial charge in [-0.05, 0) is 36.8 Å². The molecule has 0 radical (unpaired) electrons. The minimum Gasteiger partial charge on any atom is -0.872 e. The van der Waals surface area contributed by atoms with Gasteiger partial charge in [-0.15, -0.1) is 0 Å². The van der Waals surface area contributed by atoms with Gasteiger partial charge in [0.05, 0.1) is 26.8 Å². The summed E-state index contributed by atoms with van der Waals surface area (Å²) in [5.74, 6) is -1.06. The molecule has 1 saturated heterocycles. The van der Waals surface area contributed by atoms with Crippen LogP contribution in [0.1, 0.15) is 28.3 Å². The summed E-state index contributed by atoms with van der Waals surface area (Å²) in [6.45, 7) is 2.05. The molecule has 1 fully saturated rings. The van der Waals surface area contributed by atoms with Crippen LogP contribution in [-0.4, -0.2) is 30.8 Å². The number of amides is 1. The fourth-order valence-electron chi connectivity index (χ4n) is 4.00. The third-order valence-corrected chi connectivity index (χ3v) is 5.70. The number of Topliss-reactive ketones (excluding diaryl/α,β-unsaturated/α-hetero) is 1. The summed E-state index contributed by atoms with van der Waals surface area (Å²) >= 11 is 0. The van der Waals surface area contributed by atoms with Crippen LogP contribution >= 0.6 is 0 Å². The molecule has 1 unspecified atom stereocenters. The molecule has 7 nitrogen and oxygen atoms in total. The van der Waals surface area contributed by atoms with Gasteiger partial charge in [0.2, 0.25) is 5.78 Å². The number of aryl methyl sites for hydroxylation is 1. The first-order chi connectivity index (χ1) is 15.9. The van der Waals surface area contributed by atoms with Crippen LogP contribution in [0.3, 0.4) is 0 Å². The molecule has 1 aliphatic heterocycles. The monoisotopic (exact) mass is 444 g/mol. The summed E-state index contributed by atoms with van der Waals surface area (Å²) in [4.78, 5) is 30.8. The third kappa shape index (κ3) is 4.17. The van der Waals surface area contributed by atoms with Crippen molar-refractivity contribution in [3.8, 4) is 11.5 Å². The van der Waals surface area contributed by atoms with Gasteiger partial charge in [-0.3, -0.25) is 9.59 Å². The average molecular weight is 444 g/mol. The van der Waals surface area contributed by atoms with Gasteiger partial charge in [0.1, 0.15) is 11.5 Å². The van der Waals surface area contributed by atoms with E-state index in [4.69, 9.17) is 9.47 Å². The lowest BCUT2D eigenvalue weighted by Gasteiger charge is -2.28. The quantitative estimate of drug-likeness (QED) is 0.330. The number of carbonyl (C=O) groups excluding carboxylic acids is 2. The first-order valence-electron chi connectivity index (χ1n) is 10.4. The summed E-state index contributed by atoms with van der Waals surface area (Å²) in [7, 11) is 3.03. The largest absolute Gasteiger partial charge is 0.872 e. The van der Waals surface area contributed by atoms with Gasteiger partial charge in [-0.2, -0.15) is 0 Å². The molecule has 7 heteroatoms. The van der Waals surface area contributed by atoms with Crippen molar-refractivity contribution in [1.29, 1.82) is 0 Å². The van der Waals surface area contributed by atoms with Crippen molar-refractivity contribution in [3.63, 3.8) is 0 Å². The molecular formula is C26H24N2O5. The third-order valence-electron chi connectivity index (χ3n) is 5.70. The van der Waals surface area contributed by atoms with Gasteiger partial charge in [-0.25, -0.2) is 4.98 Å². The normalized spacial score (nSPS) is 17.3. The molecule has 2 heterocycles. The zero-order valence-electron chi connectivity index (χ0n) is 18.6. The second-order valence-corrected chi connectivity index (χ2v) is 7.79. The van der Waals surface area contributed by atoms with Crippen molar-refractivity contribution in [2.24, 2.45) is 0 Å². The number of aromatic amines is 1. The van der Waals surface area contributed by atoms with Crippen LogP contribution in [-0.2, 0) is 16.1 Å². The number of ether oxygens (including phenoxy) is 2. The van der Waals surface area contributed by atoms with Gasteiger partial charge in [0.25, 0.3) is 5.91 Å². The predicted molar refractivity (Wildman–Crippen MR) is 119 cm³/mol. The molecular weight excluding hydrogens is 420 g/mol. The number of hydrogen-bond acceptors (Lipinski definition) is 5.